The largest absolute Gasteiger partial charge is 0.496 e. The third kappa shape index (κ3) is 4.01. The van der Waals surface area contributed by atoms with Crippen molar-refractivity contribution in [3.8, 4) is 17.6 Å². The van der Waals surface area contributed by atoms with E-state index in [0.29, 0.717) is 17.1 Å². The van der Waals surface area contributed by atoms with Gasteiger partial charge in [-0.2, -0.15) is 5.26 Å². The van der Waals surface area contributed by atoms with Gasteiger partial charge >= 0.3 is 5.97 Å². The number of carbonyl (C=O) groups excluding carboxylic acids is 1. The van der Waals surface area contributed by atoms with Crippen LogP contribution in [-0.2, 0) is 9.53 Å². The molecule has 1 unspecified atom stereocenters. The molecule has 0 aliphatic heterocycles. The van der Waals surface area contributed by atoms with Crippen LogP contribution in [0.15, 0.2) is 18.7 Å². The number of esters is 1. The minimum absolute atomic E-state index is 0.0108. The molecule has 1 rings (SSSR count). The quantitative estimate of drug-likeness (QED) is 0.723. The van der Waals surface area contributed by atoms with Gasteiger partial charge in [0, 0.05) is 0 Å². The highest BCUT2D eigenvalue weighted by atomic mass is 16.5. The van der Waals surface area contributed by atoms with Crippen LogP contribution in [0, 0.1) is 11.3 Å². The molecular formula is C17H21NO4. The molecule has 0 saturated heterocycles. The normalized spacial score (nSPS) is 11.2. The molecule has 1 aromatic rings. The molecule has 1 atom stereocenters. The summed E-state index contributed by atoms with van der Waals surface area (Å²) in [5, 5.41) is 9.35. The van der Waals surface area contributed by atoms with E-state index in [2.05, 4.69) is 12.6 Å². The SMILES string of the molecule is C=C(C)c1c(OC)cc(C(C#N)CC(=O)OCC)cc1OC. The van der Waals surface area contributed by atoms with Crippen LogP contribution in [0.1, 0.15) is 37.3 Å². The number of hydrogen-bond acceptors (Lipinski definition) is 5. The summed E-state index contributed by atoms with van der Waals surface area (Å²) in [6, 6.07) is 5.60. The number of methoxy groups -OCH3 is 2. The van der Waals surface area contributed by atoms with Crippen LogP contribution in [0.5, 0.6) is 11.5 Å². The molecule has 0 N–H and O–H groups in total. The van der Waals surface area contributed by atoms with Crippen molar-refractivity contribution in [2.24, 2.45) is 0 Å². The third-order valence-corrected chi connectivity index (χ3v) is 3.19. The van der Waals surface area contributed by atoms with Crippen LogP contribution in [0.4, 0.5) is 0 Å². The standard InChI is InChI=1S/C17H21NO4/c1-6-22-16(19)9-13(10-18)12-7-14(20-4)17(11(2)3)15(8-12)21-5/h7-8,13H,2,6,9H2,1,3-5H3. The minimum Gasteiger partial charge on any atom is -0.496 e. The molecule has 22 heavy (non-hydrogen) atoms. The van der Waals surface area contributed by atoms with Gasteiger partial charge < -0.3 is 14.2 Å². The summed E-state index contributed by atoms with van der Waals surface area (Å²) < 4.78 is 15.6. The van der Waals surface area contributed by atoms with Gasteiger partial charge in [0.05, 0.1) is 44.8 Å². The van der Waals surface area contributed by atoms with Crippen molar-refractivity contribution in [3.05, 3.63) is 29.8 Å². The molecule has 0 radical (unpaired) electrons. The highest BCUT2D eigenvalue weighted by molar-refractivity contribution is 5.75. The Morgan fingerprint density at radius 1 is 1.32 bits per heavy atom. The Hall–Kier alpha value is -2.48. The van der Waals surface area contributed by atoms with E-state index in [-0.39, 0.29) is 13.0 Å². The Kier molecular flexibility index (Phi) is 6.46. The Labute approximate surface area is 131 Å². The van der Waals surface area contributed by atoms with Crippen molar-refractivity contribution in [3.63, 3.8) is 0 Å². The van der Waals surface area contributed by atoms with Gasteiger partial charge in [0.1, 0.15) is 11.5 Å². The topological polar surface area (TPSA) is 68.5 Å². The Bertz CT molecular complexity index is 576. The van der Waals surface area contributed by atoms with Crippen LogP contribution in [0.3, 0.4) is 0 Å². The van der Waals surface area contributed by atoms with Gasteiger partial charge in [0.15, 0.2) is 0 Å². The molecule has 0 saturated carbocycles. The zero-order valence-electron chi connectivity index (χ0n) is 13.4. The number of ether oxygens (including phenoxy) is 3. The number of nitriles is 1. The summed E-state index contributed by atoms with van der Waals surface area (Å²) in [7, 11) is 3.08. The van der Waals surface area contributed by atoms with E-state index < -0.39 is 11.9 Å². The minimum atomic E-state index is -0.624. The van der Waals surface area contributed by atoms with E-state index in [4.69, 9.17) is 14.2 Å². The molecule has 0 aromatic heterocycles. The van der Waals surface area contributed by atoms with Crippen LogP contribution in [-0.4, -0.2) is 26.8 Å². The zero-order valence-corrected chi connectivity index (χ0v) is 13.4. The molecular weight excluding hydrogens is 282 g/mol. The van der Waals surface area contributed by atoms with Gasteiger partial charge in [0.2, 0.25) is 0 Å². The molecule has 0 aliphatic carbocycles. The van der Waals surface area contributed by atoms with Gasteiger partial charge in [-0.1, -0.05) is 6.58 Å². The maximum atomic E-state index is 11.6. The van der Waals surface area contributed by atoms with E-state index in [1.54, 1.807) is 19.1 Å². The van der Waals surface area contributed by atoms with Crippen molar-refractivity contribution in [2.45, 2.75) is 26.2 Å². The molecule has 0 aliphatic rings. The monoisotopic (exact) mass is 303 g/mol. The predicted octanol–water partition coefficient (Wildman–Crippen LogP) is 3.30. The highest BCUT2D eigenvalue weighted by Gasteiger charge is 2.21. The summed E-state index contributed by atoms with van der Waals surface area (Å²) in [6.07, 6.45) is -0.0108. The molecule has 5 nitrogen and oxygen atoms in total. The molecule has 118 valence electrons. The first-order valence-corrected chi connectivity index (χ1v) is 6.95. The summed E-state index contributed by atoms with van der Waals surface area (Å²) >= 11 is 0. The fourth-order valence-electron chi connectivity index (χ4n) is 2.18. The van der Waals surface area contributed by atoms with E-state index in [9.17, 15) is 10.1 Å². The van der Waals surface area contributed by atoms with Gasteiger partial charge in [-0.3, -0.25) is 4.79 Å². The number of rotatable bonds is 7. The zero-order chi connectivity index (χ0) is 16.7. The molecule has 5 heteroatoms. The first-order valence-electron chi connectivity index (χ1n) is 6.95. The van der Waals surface area contributed by atoms with Crippen molar-refractivity contribution < 1.29 is 19.0 Å². The van der Waals surface area contributed by atoms with Gasteiger partial charge in [-0.15, -0.1) is 0 Å². The molecule has 0 spiro atoms. The molecule has 0 fully saturated rings. The Morgan fingerprint density at radius 2 is 1.86 bits per heavy atom. The fourth-order valence-corrected chi connectivity index (χ4v) is 2.18. The number of carbonyl (C=O) groups is 1. The smallest absolute Gasteiger partial charge is 0.307 e. The first-order chi connectivity index (χ1) is 10.5. The molecule has 1 aromatic carbocycles. The van der Waals surface area contributed by atoms with Crippen molar-refractivity contribution in [2.75, 3.05) is 20.8 Å². The lowest BCUT2D eigenvalue weighted by Crippen LogP contribution is -2.10. The summed E-state index contributed by atoms with van der Waals surface area (Å²) in [5.74, 6) is 0.0916. The molecule has 0 amide bonds. The second-order valence-corrected chi connectivity index (χ2v) is 4.77. The number of allylic oxidation sites excluding steroid dienone is 1. The number of benzene rings is 1. The fraction of sp³-hybridized carbons (Fsp3) is 0.412. The second kappa shape index (κ2) is 8.08. The third-order valence-electron chi connectivity index (χ3n) is 3.19. The van der Waals surface area contributed by atoms with E-state index in [0.717, 1.165) is 11.1 Å². The van der Waals surface area contributed by atoms with Crippen LogP contribution >= 0.6 is 0 Å². The van der Waals surface area contributed by atoms with Crippen LogP contribution in [0.2, 0.25) is 0 Å². The average Bonchev–Trinajstić information content (AvgIpc) is 2.51. The van der Waals surface area contributed by atoms with E-state index >= 15 is 0 Å². The Balaban J connectivity index is 3.26. The summed E-state index contributed by atoms with van der Waals surface area (Å²) in [6.45, 7) is 7.78. The van der Waals surface area contributed by atoms with Crippen molar-refractivity contribution in [1.29, 1.82) is 5.26 Å². The van der Waals surface area contributed by atoms with Gasteiger partial charge in [-0.25, -0.2) is 0 Å². The van der Waals surface area contributed by atoms with Gasteiger partial charge in [0.25, 0.3) is 0 Å². The first kappa shape index (κ1) is 17.6. The second-order valence-electron chi connectivity index (χ2n) is 4.77. The Morgan fingerprint density at radius 3 is 2.23 bits per heavy atom. The maximum Gasteiger partial charge on any atom is 0.307 e. The van der Waals surface area contributed by atoms with Gasteiger partial charge in [-0.05, 0) is 37.1 Å². The molecule has 0 bridgehead atoms. The van der Waals surface area contributed by atoms with Crippen molar-refractivity contribution >= 4 is 11.5 Å². The van der Waals surface area contributed by atoms with Crippen LogP contribution < -0.4 is 9.47 Å². The van der Waals surface area contributed by atoms with E-state index in [1.807, 2.05) is 6.92 Å². The number of hydrogen-bond donors (Lipinski definition) is 0. The summed E-state index contributed by atoms with van der Waals surface area (Å²) in [5.41, 5.74) is 2.19. The predicted molar refractivity (Wildman–Crippen MR) is 83.9 cm³/mol. The lowest BCUT2D eigenvalue weighted by atomic mass is 9.93. The lowest BCUT2D eigenvalue weighted by molar-refractivity contribution is -0.143. The molecule has 0 heterocycles. The summed E-state index contributed by atoms with van der Waals surface area (Å²) in [4.78, 5) is 11.6. The van der Waals surface area contributed by atoms with Crippen LogP contribution in [0.25, 0.3) is 5.57 Å². The van der Waals surface area contributed by atoms with E-state index in [1.165, 1.54) is 14.2 Å². The number of nitrogens with zero attached hydrogens (tertiary/aromatic N) is 1. The maximum absolute atomic E-state index is 11.6. The highest BCUT2D eigenvalue weighted by Crippen LogP contribution is 2.38. The average molecular weight is 303 g/mol. The van der Waals surface area contributed by atoms with Crippen molar-refractivity contribution in [1.82, 2.24) is 0 Å². The lowest BCUT2D eigenvalue weighted by Gasteiger charge is -2.17.